The molecule has 80 valence electrons. The molecule has 0 bridgehead atoms. The normalized spacial score (nSPS) is 13.0. The number of hydrogen-bond acceptors (Lipinski definition) is 3. The molecule has 1 heterocycles. The molecule has 0 fully saturated rings. The number of nitrogens with one attached hydrogen (secondary N) is 2. The number of unbranched alkanes of at least 4 members (excludes halogenated alkanes) is 3. The number of nitrogens with two attached hydrogens (primary N) is 1. The predicted molar refractivity (Wildman–Crippen MR) is 57.4 cm³/mol. The standard InChI is InChI=1S/C10H20N4/c1-2-3-4-5-6-9(14-11)10-12-7-8-13-10/h7-9,14H,2-6,11H2,1H3,(H,12,13). The third-order valence-corrected chi connectivity index (χ3v) is 2.40. The lowest BCUT2D eigenvalue weighted by Crippen LogP contribution is -2.28. The van der Waals surface area contributed by atoms with Crippen molar-refractivity contribution in [3.8, 4) is 0 Å². The Bertz CT molecular complexity index is 220. The lowest BCUT2D eigenvalue weighted by atomic mass is 10.1. The van der Waals surface area contributed by atoms with Gasteiger partial charge in [-0.2, -0.15) is 0 Å². The minimum absolute atomic E-state index is 0.168. The van der Waals surface area contributed by atoms with E-state index in [4.69, 9.17) is 5.84 Å². The van der Waals surface area contributed by atoms with Gasteiger partial charge in [-0.15, -0.1) is 0 Å². The van der Waals surface area contributed by atoms with Crippen LogP contribution in [0.2, 0.25) is 0 Å². The summed E-state index contributed by atoms with van der Waals surface area (Å²) in [5.74, 6) is 6.40. The van der Waals surface area contributed by atoms with Crippen molar-refractivity contribution >= 4 is 0 Å². The van der Waals surface area contributed by atoms with Gasteiger partial charge in [-0.3, -0.25) is 5.84 Å². The average Bonchev–Trinajstić information content (AvgIpc) is 2.71. The number of rotatable bonds is 7. The van der Waals surface area contributed by atoms with Crippen molar-refractivity contribution in [1.29, 1.82) is 0 Å². The Labute approximate surface area is 85.3 Å². The van der Waals surface area contributed by atoms with E-state index in [1.165, 1.54) is 25.7 Å². The van der Waals surface area contributed by atoms with E-state index in [1.54, 1.807) is 6.20 Å². The SMILES string of the molecule is CCCCCCC(NN)c1ncc[nH]1. The lowest BCUT2D eigenvalue weighted by molar-refractivity contribution is 0.465. The van der Waals surface area contributed by atoms with Gasteiger partial charge in [-0.05, 0) is 6.42 Å². The fourth-order valence-electron chi connectivity index (χ4n) is 1.54. The lowest BCUT2D eigenvalue weighted by Gasteiger charge is -2.12. The summed E-state index contributed by atoms with van der Waals surface area (Å²) in [7, 11) is 0. The van der Waals surface area contributed by atoms with Crippen LogP contribution in [-0.2, 0) is 0 Å². The van der Waals surface area contributed by atoms with Crippen LogP contribution in [0.15, 0.2) is 12.4 Å². The number of nitrogens with zero attached hydrogens (tertiary/aromatic N) is 1. The summed E-state index contributed by atoms with van der Waals surface area (Å²) in [6, 6.07) is 0.168. The highest BCUT2D eigenvalue weighted by Gasteiger charge is 2.10. The zero-order chi connectivity index (χ0) is 10.2. The molecule has 1 atom stereocenters. The van der Waals surface area contributed by atoms with E-state index in [-0.39, 0.29) is 6.04 Å². The summed E-state index contributed by atoms with van der Waals surface area (Å²) >= 11 is 0. The molecule has 14 heavy (non-hydrogen) atoms. The molecule has 1 aromatic rings. The van der Waals surface area contributed by atoms with Crippen molar-refractivity contribution in [2.24, 2.45) is 5.84 Å². The van der Waals surface area contributed by atoms with Crippen molar-refractivity contribution in [3.63, 3.8) is 0 Å². The minimum Gasteiger partial charge on any atom is -0.347 e. The molecule has 0 aliphatic heterocycles. The first-order chi connectivity index (χ1) is 6.88. The van der Waals surface area contributed by atoms with Gasteiger partial charge in [-0.1, -0.05) is 32.6 Å². The van der Waals surface area contributed by atoms with E-state index in [0.717, 1.165) is 12.2 Å². The van der Waals surface area contributed by atoms with E-state index in [9.17, 15) is 0 Å². The minimum atomic E-state index is 0.168. The molecular formula is C10H20N4. The molecule has 0 aromatic carbocycles. The molecule has 4 N–H and O–H groups in total. The number of H-pyrrole nitrogens is 1. The maximum atomic E-state index is 5.47. The molecule has 0 radical (unpaired) electrons. The van der Waals surface area contributed by atoms with Crippen molar-refractivity contribution in [2.75, 3.05) is 0 Å². The molecule has 4 nitrogen and oxygen atoms in total. The summed E-state index contributed by atoms with van der Waals surface area (Å²) in [6.45, 7) is 2.21. The third-order valence-electron chi connectivity index (χ3n) is 2.40. The number of hydrazine groups is 1. The predicted octanol–water partition coefficient (Wildman–Crippen LogP) is 1.88. The summed E-state index contributed by atoms with van der Waals surface area (Å²) in [5.41, 5.74) is 2.79. The fraction of sp³-hybridized carbons (Fsp3) is 0.700. The molecule has 0 aliphatic rings. The first-order valence-corrected chi connectivity index (χ1v) is 5.34. The van der Waals surface area contributed by atoms with Gasteiger partial charge in [0.25, 0.3) is 0 Å². The van der Waals surface area contributed by atoms with E-state index in [0.29, 0.717) is 0 Å². The summed E-state index contributed by atoms with van der Waals surface area (Å²) in [4.78, 5) is 7.26. The zero-order valence-corrected chi connectivity index (χ0v) is 8.79. The van der Waals surface area contributed by atoms with Crippen molar-refractivity contribution < 1.29 is 0 Å². The molecule has 4 heteroatoms. The Morgan fingerprint density at radius 3 is 2.93 bits per heavy atom. The van der Waals surface area contributed by atoms with Crippen LogP contribution in [0.5, 0.6) is 0 Å². The average molecular weight is 196 g/mol. The van der Waals surface area contributed by atoms with Crippen LogP contribution in [0.4, 0.5) is 0 Å². The van der Waals surface area contributed by atoms with Crippen LogP contribution in [0.3, 0.4) is 0 Å². The summed E-state index contributed by atoms with van der Waals surface area (Å²) in [6.07, 6.45) is 9.66. The molecule has 0 aliphatic carbocycles. The largest absolute Gasteiger partial charge is 0.347 e. The molecule has 1 aromatic heterocycles. The molecule has 1 unspecified atom stereocenters. The second-order valence-electron chi connectivity index (χ2n) is 3.54. The summed E-state index contributed by atoms with van der Waals surface area (Å²) < 4.78 is 0. The first kappa shape index (κ1) is 11.2. The van der Waals surface area contributed by atoms with E-state index in [2.05, 4.69) is 22.3 Å². The number of hydrogen-bond donors (Lipinski definition) is 3. The van der Waals surface area contributed by atoms with E-state index >= 15 is 0 Å². The Balaban J connectivity index is 2.26. The van der Waals surface area contributed by atoms with Gasteiger partial charge >= 0.3 is 0 Å². The smallest absolute Gasteiger partial charge is 0.124 e. The van der Waals surface area contributed by atoms with Crippen molar-refractivity contribution in [2.45, 2.75) is 45.1 Å². The van der Waals surface area contributed by atoms with Gasteiger partial charge in [-0.25, -0.2) is 10.4 Å². The highest BCUT2D eigenvalue weighted by molar-refractivity contribution is 4.94. The topological polar surface area (TPSA) is 66.7 Å². The van der Waals surface area contributed by atoms with Gasteiger partial charge in [0, 0.05) is 12.4 Å². The van der Waals surface area contributed by atoms with Gasteiger partial charge in [0.1, 0.15) is 5.82 Å². The van der Waals surface area contributed by atoms with Gasteiger partial charge in [0.05, 0.1) is 6.04 Å². The maximum absolute atomic E-state index is 5.47. The second kappa shape index (κ2) is 6.56. The quantitative estimate of drug-likeness (QED) is 0.354. The Morgan fingerprint density at radius 2 is 2.36 bits per heavy atom. The van der Waals surface area contributed by atoms with Crippen LogP contribution in [-0.4, -0.2) is 9.97 Å². The zero-order valence-electron chi connectivity index (χ0n) is 8.79. The van der Waals surface area contributed by atoms with Crippen LogP contribution in [0, 0.1) is 0 Å². The number of aromatic nitrogens is 2. The fourth-order valence-corrected chi connectivity index (χ4v) is 1.54. The third kappa shape index (κ3) is 3.47. The summed E-state index contributed by atoms with van der Waals surface area (Å²) in [5, 5.41) is 0. The molecule has 1 rings (SSSR count). The van der Waals surface area contributed by atoms with Gasteiger partial charge in [0.2, 0.25) is 0 Å². The van der Waals surface area contributed by atoms with Crippen molar-refractivity contribution in [1.82, 2.24) is 15.4 Å². The second-order valence-corrected chi connectivity index (χ2v) is 3.54. The monoisotopic (exact) mass is 196 g/mol. The van der Waals surface area contributed by atoms with E-state index < -0.39 is 0 Å². The van der Waals surface area contributed by atoms with Crippen LogP contribution < -0.4 is 11.3 Å². The highest BCUT2D eigenvalue weighted by Crippen LogP contribution is 2.15. The first-order valence-electron chi connectivity index (χ1n) is 5.34. The molecule has 0 amide bonds. The van der Waals surface area contributed by atoms with Crippen LogP contribution in [0.25, 0.3) is 0 Å². The van der Waals surface area contributed by atoms with Gasteiger partial charge in [0.15, 0.2) is 0 Å². The molecule has 0 saturated carbocycles. The van der Waals surface area contributed by atoms with Gasteiger partial charge < -0.3 is 4.98 Å². The number of imidazole rings is 1. The van der Waals surface area contributed by atoms with Crippen molar-refractivity contribution in [3.05, 3.63) is 18.2 Å². The number of aromatic amines is 1. The van der Waals surface area contributed by atoms with Crippen LogP contribution >= 0.6 is 0 Å². The van der Waals surface area contributed by atoms with Crippen LogP contribution in [0.1, 0.15) is 50.9 Å². The molecular weight excluding hydrogens is 176 g/mol. The molecule has 0 spiro atoms. The Kier molecular flexibility index (Phi) is 5.25. The highest BCUT2D eigenvalue weighted by atomic mass is 15.2. The Hall–Kier alpha value is -0.870. The molecule has 0 saturated heterocycles. The Morgan fingerprint density at radius 1 is 1.50 bits per heavy atom. The van der Waals surface area contributed by atoms with E-state index in [1.807, 2.05) is 6.20 Å². The maximum Gasteiger partial charge on any atom is 0.124 e.